The van der Waals surface area contributed by atoms with Crippen LogP contribution in [0.4, 0.5) is 5.95 Å². The Labute approximate surface area is 118 Å². The van der Waals surface area contributed by atoms with Crippen LogP contribution < -0.4 is 5.73 Å². The summed E-state index contributed by atoms with van der Waals surface area (Å²) in [5.41, 5.74) is 10.3. The molecule has 5 nitrogen and oxygen atoms in total. The molecule has 20 heavy (non-hydrogen) atoms. The predicted octanol–water partition coefficient (Wildman–Crippen LogP) is 2.52. The Bertz CT molecular complexity index is 738. The number of anilines is 1. The van der Waals surface area contributed by atoms with Gasteiger partial charge in [0, 0.05) is 18.8 Å². The van der Waals surface area contributed by atoms with Crippen LogP contribution in [0.15, 0.2) is 30.3 Å². The van der Waals surface area contributed by atoms with Gasteiger partial charge < -0.3 is 10.3 Å². The number of fused-ring (bicyclic) bond motifs is 1. The summed E-state index contributed by atoms with van der Waals surface area (Å²) < 4.78 is 4.12. The van der Waals surface area contributed by atoms with E-state index < -0.39 is 0 Å². The van der Waals surface area contributed by atoms with Crippen molar-refractivity contribution in [3.8, 4) is 0 Å². The highest BCUT2D eigenvalue weighted by atomic mass is 15.3. The lowest BCUT2D eigenvalue weighted by Crippen LogP contribution is -2.08. The van der Waals surface area contributed by atoms with Crippen LogP contribution in [0.3, 0.4) is 0 Å². The maximum absolute atomic E-state index is 6.00. The van der Waals surface area contributed by atoms with E-state index in [9.17, 15) is 0 Å². The molecule has 3 aromatic rings. The van der Waals surface area contributed by atoms with Crippen molar-refractivity contribution in [3.05, 3.63) is 41.7 Å². The topological polar surface area (TPSA) is 61.7 Å². The smallest absolute Gasteiger partial charge is 0.201 e. The average molecular weight is 269 g/mol. The number of aryl methyl sites for hydroxylation is 4. The summed E-state index contributed by atoms with van der Waals surface area (Å²) in [6.45, 7) is 5.85. The molecule has 104 valence electrons. The van der Waals surface area contributed by atoms with Gasteiger partial charge in [-0.15, -0.1) is 0 Å². The molecule has 0 spiro atoms. The number of para-hydroxylation sites is 2. The normalized spacial score (nSPS) is 11.3. The number of nitrogens with two attached hydrogens (primary N) is 1. The predicted molar refractivity (Wildman–Crippen MR) is 80.5 cm³/mol. The summed E-state index contributed by atoms with van der Waals surface area (Å²) in [7, 11) is 0. The summed E-state index contributed by atoms with van der Waals surface area (Å²) >= 11 is 0. The van der Waals surface area contributed by atoms with Crippen LogP contribution in [-0.2, 0) is 13.1 Å². The fourth-order valence-electron chi connectivity index (χ4n) is 2.61. The molecule has 0 radical (unpaired) electrons. The molecule has 0 unspecified atom stereocenters. The van der Waals surface area contributed by atoms with Crippen LogP contribution in [-0.4, -0.2) is 19.3 Å². The van der Waals surface area contributed by atoms with E-state index >= 15 is 0 Å². The minimum Gasteiger partial charge on any atom is -0.369 e. The van der Waals surface area contributed by atoms with Crippen LogP contribution in [0, 0.1) is 13.8 Å². The molecule has 1 aromatic carbocycles. The molecule has 0 saturated heterocycles. The largest absolute Gasteiger partial charge is 0.369 e. The van der Waals surface area contributed by atoms with Gasteiger partial charge in [0.15, 0.2) is 0 Å². The first-order chi connectivity index (χ1) is 9.65. The van der Waals surface area contributed by atoms with Gasteiger partial charge in [0.2, 0.25) is 5.95 Å². The first kappa shape index (κ1) is 12.7. The Morgan fingerprint density at radius 2 is 1.95 bits per heavy atom. The van der Waals surface area contributed by atoms with E-state index in [0.717, 1.165) is 36.2 Å². The average Bonchev–Trinajstić information content (AvgIpc) is 2.90. The van der Waals surface area contributed by atoms with E-state index in [-0.39, 0.29) is 0 Å². The van der Waals surface area contributed by atoms with Gasteiger partial charge in [0.25, 0.3) is 0 Å². The molecule has 3 rings (SSSR count). The van der Waals surface area contributed by atoms with E-state index in [1.807, 2.05) is 29.8 Å². The van der Waals surface area contributed by atoms with Crippen molar-refractivity contribution in [2.75, 3.05) is 5.73 Å². The van der Waals surface area contributed by atoms with Gasteiger partial charge in [-0.25, -0.2) is 4.98 Å². The van der Waals surface area contributed by atoms with Crippen molar-refractivity contribution in [2.45, 2.75) is 33.4 Å². The third kappa shape index (κ3) is 2.27. The first-order valence-corrected chi connectivity index (χ1v) is 6.87. The monoisotopic (exact) mass is 269 g/mol. The standard InChI is InChI=1S/C15H19N5/c1-11-10-12(2)20(18-11)9-5-8-19-14-7-4-3-6-13(14)17-15(19)16/h3-4,6-7,10H,5,8-9H2,1-2H3,(H2,16,17). The number of nitrogens with zero attached hydrogens (tertiary/aromatic N) is 4. The minimum absolute atomic E-state index is 0.583. The van der Waals surface area contributed by atoms with Crippen LogP contribution in [0.5, 0.6) is 0 Å². The van der Waals surface area contributed by atoms with E-state index in [1.54, 1.807) is 0 Å². The summed E-state index contributed by atoms with van der Waals surface area (Å²) in [5, 5.41) is 4.47. The molecule has 2 heterocycles. The maximum Gasteiger partial charge on any atom is 0.201 e. The van der Waals surface area contributed by atoms with Crippen LogP contribution >= 0.6 is 0 Å². The number of imidazole rings is 1. The molecule has 2 aromatic heterocycles. The lowest BCUT2D eigenvalue weighted by Gasteiger charge is -2.07. The molecule has 5 heteroatoms. The molecule has 0 atom stereocenters. The third-order valence-corrected chi connectivity index (χ3v) is 3.54. The first-order valence-electron chi connectivity index (χ1n) is 6.87. The van der Waals surface area contributed by atoms with Crippen LogP contribution in [0.2, 0.25) is 0 Å². The SMILES string of the molecule is Cc1cc(C)n(CCCn2c(N)nc3ccccc32)n1. The number of benzene rings is 1. The van der Waals surface area contributed by atoms with Crippen LogP contribution in [0.1, 0.15) is 17.8 Å². The number of rotatable bonds is 4. The zero-order valence-corrected chi connectivity index (χ0v) is 11.9. The fraction of sp³-hybridized carbons (Fsp3) is 0.333. The molecule has 0 fully saturated rings. The van der Waals surface area contributed by atoms with E-state index in [2.05, 4.69) is 33.7 Å². The summed E-state index contributed by atoms with van der Waals surface area (Å²) in [6.07, 6.45) is 0.979. The van der Waals surface area contributed by atoms with Crippen molar-refractivity contribution < 1.29 is 0 Å². The molecule has 0 bridgehead atoms. The molecular weight excluding hydrogens is 250 g/mol. The Morgan fingerprint density at radius 3 is 2.70 bits per heavy atom. The van der Waals surface area contributed by atoms with E-state index in [1.165, 1.54) is 5.69 Å². The lowest BCUT2D eigenvalue weighted by molar-refractivity contribution is 0.523. The second-order valence-corrected chi connectivity index (χ2v) is 5.11. The summed E-state index contributed by atoms with van der Waals surface area (Å²) in [5.74, 6) is 0.583. The lowest BCUT2D eigenvalue weighted by atomic mass is 10.3. The Hall–Kier alpha value is -2.30. The minimum atomic E-state index is 0.583. The van der Waals surface area contributed by atoms with Crippen molar-refractivity contribution in [1.82, 2.24) is 19.3 Å². The molecule has 0 aliphatic carbocycles. The number of hydrogen-bond acceptors (Lipinski definition) is 3. The van der Waals surface area contributed by atoms with Gasteiger partial charge in [0.1, 0.15) is 0 Å². The highest BCUT2D eigenvalue weighted by Crippen LogP contribution is 2.17. The maximum atomic E-state index is 6.00. The van der Waals surface area contributed by atoms with Crippen molar-refractivity contribution in [3.63, 3.8) is 0 Å². The highest BCUT2D eigenvalue weighted by molar-refractivity contribution is 5.78. The van der Waals surface area contributed by atoms with Gasteiger partial charge in [-0.3, -0.25) is 4.68 Å². The van der Waals surface area contributed by atoms with Gasteiger partial charge in [0.05, 0.1) is 16.7 Å². The van der Waals surface area contributed by atoms with Gasteiger partial charge >= 0.3 is 0 Å². The second-order valence-electron chi connectivity index (χ2n) is 5.11. The van der Waals surface area contributed by atoms with Gasteiger partial charge in [-0.1, -0.05) is 12.1 Å². The molecule has 0 aliphatic rings. The number of aromatic nitrogens is 4. The van der Waals surface area contributed by atoms with E-state index in [4.69, 9.17) is 5.73 Å². The molecule has 0 amide bonds. The second kappa shape index (κ2) is 5.00. The molecule has 0 saturated carbocycles. The van der Waals surface area contributed by atoms with Crippen molar-refractivity contribution >= 4 is 17.0 Å². The number of nitrogen functional groups attached to an aromatic ring is 1. The molecule has 2 N–H and O–H groups in total. The zero-order valence-electron chi connectivity index (χ0n) is 11.9. The third-order valence-electron chi connectivity index (χ3n) is 3.54. The van der Waals surface area contributed by atoms with Gasteiger partial charge in [-0.2, -0.15) is 5.10 Å². The Morgan fingerprint density at radius 1 is 1.15 bits per heavy atom. The zero-order chi connectivity index (χ0) is 14.1. The van der Waals surface area contributed by atoms with Crippen molar-refractivity contribution in [1.29, 1.82) is 0 Å². The quantitative estimate of drug-likeness (QED) is 0.791. The van der Waals surface area contributed by atoms with Crippen LogP contribution in [0.25, 0.3) is 11.0 Å². The Balaban J connectivity index is 1.74. The van der Waals surface area contributed by atoms with Crippen molar-refractivity contribution in [2.24, 2.45) is 0 Å². The summed E-state index contributed by atoms with van der Waals surface area (Å²) in [4.78, 5) is 4.38. The van der Waals surface area contributed by atoms with E-state index in [0.29, 0.717) is 5.95 Å². The van der Waals surface area contributed by atoms with Gasteiger partial charge in [-0.05, 0) is 38.5 Å². The highest BCUT2D eigenvalue weighted by Gasteiger charge is 2.07. The summed E-state index contributed by atoms with van der Waals surface area (Å²) in [6, 6.07) is 10.1. The fourth-order valence-corrected chi connectivity index (χ4v) is 2.61. The molecule has 0 aliphatic heterocycles. The molecular formula is C15H19N5. The number of hydrogen-bond donors (Lipinski definition) is 1. The Kier molecular flexibility index (Phi) is 3.18.